The Morgan fingerprint density at radius 1 is 1.24 bits per heavy atom. The van der Waals surface area contributed by atoms with E-state index in [0.29, 0.717) is 0 Å². The lowest BCUT2D eigenvalue weighted by Crippen LogP contribution is -2.21. The molecule has 0 aliphatic carbocycles. The van der Waals surface area contributed by atoms with Crippen molar-refractivity contribution < 1.29 is 13.6 Å². The van der Waals surface area contributed by atoms with Crippen molar-refractivity contribution in [2.24, 2.45) is 0 Å². The number of imidazole rings is 1. The third-order valence-corrected chi connectivity index (χ3v) is 1.93. The van der Waals surface area contributed by atoms with Crippen molar-refractivity contribution in [1.82, 2.24) is 9.97 Å². The number of hydrogen-bond acceptors (Lipinski definition) is 2. The molecule has 0 bridgehead atoms. The van der Waals surface area contributed by atoms with Crippen molar-refractivity contribution in [2.75, 3.05) is 10.6 Å². The summed E-state index contributed by atoms with van der Waals surface area (Å²) in [5.74, 6) is -1.52. The second-order valence-electron chi connectivity index (χ2n) is 3.11. The monoisotopic (exact) mass is 238 g/mol. The van der Waals surface area contributed by atoms with E-state index in [4.69, 9.17) is 0 Å². The largest absolute Gasteiger partial charge is 0.331 e. The number of hydrogen-bond donors (Lipinski definition) is 3. The van der Waals surface area contributed by atoms with Crippen molar-refractivity contribution in [1.29, 1.82) is 0 Å². The Morgan fingerprint density at radius 2 is 1.94 bits per heavy atom. The Bertz CT molecular complexity index is 507. The van der Waals surface area contributed by atoms with Crippen LogP contribution in [-0.4, -0.2) is 16.0 Å². The van der Waals surface area contributed by atoms with E-state index >= 15 is 0 Å². The van der Waals surface area contributed by atoms with Gasteiger partial charge in [0.25, 0.3) is 0 Å². The van der Waals surface area contributed by atoms with E-state index in [1.165, 1.54) is 18.5 Å². The first-order chi connectivity index (χ1) is 8.16. The maximum absolute atomic E-state index is 13.2. The third-order valence-electron chi connectivity index (χ3n) is 1.93. The minimum Gasteiger partial charge on any atom is -0.331 e. The minimum atomic E-state index is -0.848. The summed E-state index contributed by atoms with van der Waals surface area (Å²) < 4.78 is 26.4. The number of halogens is 2. The zero-order valence-electron chi connectivity index (χ0n) is 8.50. The van der Waals surface area contributed by atoms with Gasteiger partial charge in [0.05, 0.1) is 0 Å². The van der Waals surface area contributed by atoms with Crippen LogP contribution in [-0.2, 0) is 0 Å². The van der Waals surface area contributed by atoms with Crippen LogP contribution in [0.3, 0.4) is 0 Å². The number of aromatic amines is 1. The molecule has 2 aromatic rings. The van der Waals surface area contributed by atoms with Crippen LogP contribution in [0.1, 0.15) is 0 Å². The van der Waals surface area contributed by atoms with Crippen LogP contribution >= 0.6 is 0 Å². The highest BCUT2D eigenvalue weighted by atomic mass is 19.1. The van der Waals surface area contributed by atoms with Gasteiger partial charge in [-0.1, -0.05) is 6.07 Å². The highest BCUT2D eigenvalue weighted by Crippen LogP contribution is 2.17. The molecule has 0 fully saturated rings. The molecular formula is C10H8F2N4O. The van der Waals surface area contributed by atoms with Crippen molar-refractivity contribution in [3.8, 4) is 0 Å². The van der Waals surface area contributed by atoms with E-state index in [-0.39, 0.29) is 5.95 Å². The van der Waals surface area contributed by atoms with Crippen LogP contribution in [0.5, 0.6) is 0 Å². The van der Waals surface area contributed by atoms with Crippen molar-refractivity contribution in [3.05, 3.63) is 42.2 Å². The van der Waals surface area contributed by atoms with Crippen LogP contribution < -0.4 is 10.6 Å². The van der Waals surface area contributed by atoms with Gasteiger partial charge < -0.3 is 10.3 Å². The zero-order valence-corrected chi connectivity index (χ0v) is 8.50. The molecule has 0 unspecified atom stereocenters. The number of amides is 2. The van der Waals surface area contributed by atoms with Crippen molar-refractivity contribution in [3.63, 3.8) is 0 Å². The number of para-hydroxylation sites is 1. The summed E-state index contributed by atoms with van der Waals surface area (Å²) in [6, 6.07) is 2.52. The fourth-order valence-electron chi connectivity index (χ4n) is 1.20. The summed E-state index contributed by atoms with van der Waals surface area (Å²) in [4.78, 5) is 17.7. The van der Waals surface area contributed by atoms with Crippen LogP contribution in [0.25, 0.3) is 0 Å². The standard InChI is InChI=1S/C10H8F2N4O/c11-6-2-1-3-7(12)8(6)15-10(17)16-9-13-4-5-14-9/h1-5H,(H3,13,14,15,16,17). The summed E-state index contributed by atoms with van der Waals surface area (Å²) in [7, 11) is 0. The van der Waals surface area contributed by atoms with Crippen molar-refractivity contribution >= 4 is 17.7 Å². The van der Waals surface area contributed by atoms with Crippen LogP contribution in [0.15, 0.2) is 30.6 Å². The molecule has 2 rings (SSSR count). The lowest BCUT2D eigenvalue weighted by Gasteiger charge is -2.07. The number of anilines is 2. The van der Waals surface area contributed by atoms with Gasteiger partial charge in [-0.3, -0.25) is 5.32 Å². The quantitative estimate of drug-likeness (QED) is 0.751. The Morgan fingerprint density at radius 3 is 2.53 bits per heavy atom. The van der Waals surface area contributed by atoms with Gasteiger partial charge >= 0.3 is 6.03 Å². The molecule has 17 heavy (non-hydrogen) atoms. The Hall–Kier alpha value is -2.44. The van der Waals surface area contributed by atoms with Crippen LogP contribution in [0.4, 0.5) is 25.2 Å². The van der Waals surface area contributed by atoms with E-state index in [1.807, 2.05) is 0 Å². The number of carbonyl (C=O) groups excluding carboxylic acids is 1. The van der Waals surface area contributed by atoms with Gasteiger partial charge in [-0.15, -0.1) is 0 Å². The number of rotatable bonds is 2. The van der Waals surface area contributed by atoms with E-state index in [2.05, 4.69) is 20.6 Å². The lowest BCUT2D eigenvalue weighted by molar-refractivity contribution is 0.261. The maximum Gasteiger partial charge on any atom is 0.326 e. The Labute approximate surface area is 94.9 Å². The molecule has 0 saturated heterocycles. The molecule has 5 nitrogen and oxygen atoms in total. The molecule has 0 aliphatic rings. The molecule has 1 aromatic heterocycles. The third kappa shape index (κ3) is 2.57. The SMILES string of the molecule is O=C(Nc1ncc[nH]1)Nc1c(F)cccc1F. The molecular weight excluding hydrogens is 230 g/mol. The van der Waals surface area contributed by atoms with E-state index in [9.17, 15) is 13.6 Å². The molecule has 88 valence electrons. The molecule has 0 radical (unpaired) electrons. The fourth-order valence-corrected chi connectivity index (χ4v) is 1.20. The number of nitrogens with one attached hydrogen (secondary N) is 3. The molecule has 1 heterocycles. The predicted molar refractivity (Wildman–Crippen MR) is 57.6 cm³/mol. The first kappa shape index (κ1) is 11.1. The molecule has 3 N–H and O–H groups in total. The summed E-state index contributed by atoms with van der Waals surface area (Å²) in [5.41, 5.74) is -0.503. The van der Waals surface area contributed by atoms with Gasteiger partial charge in [0.2, 0.25) is 5.95 Å². The second-order valence-corrected chi connectivity index (χ2v) is 3.11. The Kier molecular flexibility index (Phi) is 2.99. The predicted octanol–water partition coefficient (Wildman–Crippen LogP) is 2.33. The van der Waals surface area contributed by atoms with Gasteiger partial charge in [-0.25, -0.2) is 18.6 Å². The molecule has 0 saturated carbocycles. The normalized spacial score (nSPS) is 10.0. The molecule has 2 amide bonds. The zero-order chi connectivity index (χ0) is 12.3. The molecule has 0 spiro atoms. The summed E-state index contributed by atoms with van der Waals surface area (Å²) >= 11 is 0. The highest BCUT2D eigenvalue weighted by Gasteiger charge is 2.12. The number of H-pyrrole nitrogens is 1. The first-order valence-corrected chi connectivity index (χ1v) is 4.68. The highest BCUT2D eigenvalue weighted by molar-refractivity contribution is 5.98. The van der Waals surface area contributed by atoms with Gasteiger partial charge in [0.15, 0.2) is 0 Å². The Balaban J connectivity index is 2.08. The summed E-state index contributed by atoms with van der Waals surface area (Å²) in [5, 5.41) is 4.33. The number of carbonyl (C=O) groups is 1. The minimum absolute atomic E-state index is 0.180. The summed E-state index contributed by atoms with van der Waals surface area (Å²) in [6.07, 6.45) is 2.93. The smallest absolute Gasteiger partial charge is 0.326 e. The molecule has 1 aromatic carbocycles. The van der Waals surface area contributed by atoms with Gasteiger partial charge in [-0.2, -0.15) is 0 Å². The number of nitrogens with zero attached hydrogens (tertiary/aromatic N) is 1. The molecule has 0 atom stereocenters. The van der Waals surface area contributed by atoms with Crippen LogP contribution in [0, 0.1) is 11.6 Å². The summed E-state index contributed by atoms with van der Waals surface area (Å²) in [6.45, 7) is 0. The number of urea groups is 1. The second kappa shape index (κ2) is 4.60. The van der Waals surface area contributed by atoms with Crippen molar-refractivity contribution in [2.45, 2.75) is 0 Å². The number of aromatic nitrogens is 2. The van der Waals surface area contributed by atoms with E-state index in [0.717, 1.165) is 12.1 Å². The average Bonchev–Trinajstić information content (AvgIpc) is 2.76. The molecule has 0 aliphatic heterocycles. The van der Waals surface area contributed by atoms with Crippen LogP contribution in [0.2, 0.25) is 0 Å². The van der Waals surface area contributed by atoms with E-state index < -0.39 is 23.4 Å². The molecule has 7 heteroatoms. The topological polar surface area (TPSA) is 69.8 Å². The number of benzene rings is 1. The maximum atomic E-state index is 13.2. The average molecular weight is 238 g/mol. The van der Waals surface area contributed by atoms with Gasteiger partial charge in [0.1, 0.15) is 17.3 Å². The van der Waals surface area contributed by atoms with E-state index in [1.54, 1.807) is 0 Å². The fraction of sp³-hybridized carbons (Fsp3) is 0. The van der Waals surface area contributed by atoms with Gasteiger partial charge in [-0.05, 0) is 12.1 Å². The first-order valence-electron chi connectivity index (χ1n) is 4.68. The lowest BCUT2D eigenvalue weighted by atomic mass is 10.3. The van der Waals surface area contributed by atoms with Gasteiger partial charge in [0, 0.05) is 12.4 Å².